The minimum Gasteiger partial charge on any atom is -0.464 e. The fraction of sp³-hybridized carbons (Fsp3) is 0.643. The van der Waals surface area contributed by atoms with Gasteiger partial charge in [-0.1, -0.05) is 6.92 Å². The van der Waals surface area contributed by atoms with Gasteiger partial charge in [-0.2, -0.15) is 5.10 Å². The number of nitrogens with one attached hydrogen (secondary N) is 2. The second kappa shape index (κ2) is 7.21. The predicted molar refractivity (Wildman–Crippen MR) is 79.9 cm³/mol. The monoisotopic (exact) mass is 296 g/mol. The van der Waals surface area contributed by atoms with Gasteiger partial charge in [0.1, 0.15) is 0 Å². The van der Waals surface area contributed by atoms with Crippen molar-refractivity contribution < 1.29 is 14.3 Å². The van der Waals surface area contributed by atoms with Crippen molar-refractivity contribution in [1.29, 1.82) is 0 Å². The van der Waals surface area contributed by atoms with Crippen LogP contribution in [0.2, 0.25) is 0 Å². The summed E-state index contributed by atoms with van der Waals surface area (Å²) in [6, 6.07) is 0. The van der Waals surface area contributed by atoms with E-state index in [4.69, 9.17) is 4.74 Å². The molecular weight excluding hydrogens is 272 g/mol. The van der Waals surface area contributed by atoms with E-state index < -0.39 is 5.54 Å². The van der Waals surface area contributed by atoms with E-state index in [1.54, 1.807) is 34.0 Å². The quantitative estimate of drug-likeness (QED) is 0.733. The van der Waals surface area contributed by atoms with Gasteiger partial charge < -0.3 is 15.4 Å². The third-order valence-electron chi connectivity index (χ3n) is 3.16. The molecule has 0 spiro atoms. The Hall–Kier alpha value is -1.89. The van der Waals surface area contributed by atoms with Gasteiger partial charge >= 0.3 is 5.97 Å². The molecule has 1 unspecified atom stereocenters. The molecule has 0 fully saturated rings. The fourth-order valence-corrected chi connectivity index (χ4v) is 1.76. The number of rotatable bonds is 7. The van der Waals surface area contributed by atoms with Crippen LogP contribution in [0.4, 0.5) is 5.69 Å². The van der Waals surface area contributed by atoms with E-state index in [1.165, 1.54) is 10.9 Å². The summed E-state index contributed by atoms with van der Waals surface area (Å²) >= 11 is 0. The van der Waals surface area contributed by atoms with Crippen molar-refractivity contribution in [2.24, 2.45) is 5.92 Å². The average Bonchev–Trinajstić information content (AvgIpc) is 2.88. The highest BCUT2D eigenvalue weighted by Crippen LogP contribution is 2.19. The zero-order valence-corrected chi connectivity index (χ0v) is 13.3. The molecule has 1 heterocycles. The Morgan fingerprint density at radius 2 is 2.14 bits per heavy atom. The third-order valence-corrected chi connectivity index (χ3v) is 3.16. The summed E-state index contributed by atoms with van der Waals surface area (Å²) in [4.78, 5) is 23.8. The van der Waals surface area contributed by atoms with Crippen LogP contribution in [0.1, 0.15) is 27.7 Å². The largest absolute Gasteiger partial charge is 0.464 e. The van der Waals surface area contributed by atoms with Gasteiger partial charge in [-0.3, -0.25) is 9.48 Å². The number of hydrogen-bond donors (Lipinski definition) is 2. The zero-order valence-electron chi connectivity index (χ0n) is 13.3. The van der Waals surface area contributed by atoms with Crippen LogP contribution in [0.15, 0.2) is 12.4 Å². The Labute approximate surface area is 125 Å². The lowest BCUT2D eigenvalue weighted by atomic mass is 10.1. The number of ether oxygens (including phenoxy) is 1. The smallest absolute Gasteiger partial charge is 0.333 e. The summed E-state index contributed by atoms with van der Waals surface area (Å²) in [5.74, 6) is -0.621. The van der Waals surface area contributed by atoms with E-state index in [0.29, 0.717) is 18.8 Å². The van der Waals surface area contributed by atoms with Crippen molar-refractivity contribution in [3.63, 3.8) is 0 Å². The van der Waals surface area contributed by atoms with Crippen LogP contribution >= 0.6 is 0 Å². The maximum Gasteiger partial charge on any atom is 0.333 e. The molecular formula is C14H24N4O3. The van der Waals surface area contributed by atoms with Gasteiger partial charge in [-0.15, -0.1) is 0 Å². The number of carbonyl (C=O) groups excluding carboxylic acids is 2. The van der Waals surface area contributed by atoms with Crippen LogP contribution in [0.25, 0.3) is 0 Å². The maximum absolute atomic E-state index is 11.9. The summed E-state index contributed by atoms with van der Waals surface area (Å²) in [5, 5.41) is 9.86. The van der Waals surface area contributed by atoms with E-state index in [1.807, 2.05) is 6.92 Å². The summed E-state index contributed by atoms with van der Waals surface area (Å²) in [6.07, 6.45) is 3.14. The Morgan fingerprint density at radius 3 is 2.71 bits per heavy atom. The number of carbonyl (C=O) groups is 2. The van der Waals surface area contributed by atoms with Crippen molar-refractivity contribution in [2.45, 2.75) is 33.2 Å². The first kappa shape index (κ1) is 17.2. The van der Waals surface area contributed by atoms with Gasteiger partial charge in [-0.05, 0) is 27.8 Å². The molecule has 0 radical (unpaired) electrons. The minimum atomic E-state index is -0.921. The molecule has 0 aliphatic heterocycles. The van der Waals surface area contributed by atoms with Crippen molar-refractivity contribution in [2.75, 3.05) is 25.5 Å². The number of esters is 1. The van der Waals surface area contributed by atoms with Crippen molar-refractivity contribution in [3.05, 3.63) is 12.4 Å². The molecule has 0 aromatic carbocycles. The maximum atomic E-state index is 11.9. The van der Waals surface area contributed by atoms with Gasteiger partial charge in [0.05, 0.1) is 18.5 Å². The van der Waals surface area contributed by atoms with Crippen LogP contribution in [0.3, 0.4) is 0 Å². The lowest BCUT2D eigenvalue weighted by Crippen LogP contribution is -2.37. The summed E-state index contributed by atoms with van der Waals surface area (Å²) < 4.78 is 6.52. The molecule has 0 aliphatic carbocycles. The molecule has 7 heteroatoms. The Balaban J connectivity index is 2.77. The van der Waals surface area contributed by atoms with E-state index in [2.05, 4.69) is 15.7 Å². The molecule has 0 bridgehead atoms. The van der Waals surface area contributed by atoms with Crippen LogP contribution in [-0.2, 0) is 19.9 Å². The lowest BCUT2D eigenvalue weighted by Gasteiger charge is -2.22. The molecule has 7 nitrogen and oxygen atoms in total. The predicted octanol–water partition coefficient (Wildman–Crippen LogP) is 0.975. The molecule has 1 rings (SSSR count). The molecule has 2 N–H and O–H groups in total. The molecule has 1 amide bonds. The second-order valence-electron chi connectivity index (χ2n) is 5.40. The number of nitrogens with zero attached hydrogens (tertiary/aromatic N) is 2. The molecule has 0 aliphatic rings. The van der Waals surface area contributed by atoms with E-state index in [0.717, 1.165) is 0 Å². The number of hydrogen-bond acceptors (Lipinski definition) is 5. The van der Waals surface area contributed by atoms with Crippen LogP contribution in [0, 0.1) is 5.92 Å². The SMILES string of the molecule is CCOC(=O)C(C)(C)n1cc(NC(=O)C(C)CNC)cn1. The standard InChI is InChI=1S/C14H24N4O3/c1-6-21-13(20)14(3,4)18-9-11(8-16-18)17-12(19)10(2)7-15-5/h8-10,15H,6-7H2,1-5H3,(H,17,19). The molecule has 118 valence electrons. The second-order valence-corrected chi connectivity index (χ2v) is 5.40. The van der Waals surface area contributed by atoms with E-state index in [9.17, 15) is 9.59 Å². The molecule has 0 saturated heterocycles. The van der Waals surface area contributed by atoms with Crippen LogP contribution in [-0.4, -0.2) is 41.9 Å². The first-order valence-corrected chi connectivity index (χ1v) is 7.00. The van der Waals surface area contributed by atoms with Crippen LogP contribution < -0.4 is 10.6 Å². The molecule has 21 heavy (non-hydrogen) atoms. The van der Waals surface area contributed by atoms with Crippen molar-refractivity contribution in [1.82, 2.24) is 15.1 Å². The fourth-order valence-electron chi connectivity index (χ4n) is 1.76. The number of anilines is 1. The van der Waals surface area contributed by atoms with Gasteiger partial charge in [0.2, 0.25) is 5.91 Å². The molecule has 1 atom stereocenters. The van der Waals surface area contributed by atoms with Gasteiger partial charge in [0.15, 0.2) is 5.54 Å². The van der Waals surface area contributed by atoms with E-state index >= 15 is 0 Å². The van der Waals surface area contributed by atoms with Crippen molar-refractivity contribution >= 4 is 17.6 Å². The summed E-state index contributed by atoms with van der Waals surface area (Å²) in [7, 11) is 1.80. The number of amides is 1. The molecule has 1 aromatic heterocycles. The zero-order chi connectivity index (χ0) is 16.0. The van der Waals surface area contributed by atoms with Gasteiger partial charge in [0, 0.05) is 18.7 Å². The highest BCUT2D eigenvalue weighted by molar-refractivity contribution is 5.92. The first-order valence-electron chi connectivity index (χ1n) is 7.00. The number of aromatic nitrogens is 2. The highest BCUT2D eigenvalue weighted by atomic mass is 16.5. The Kier molecular flexibility index (Phi) is 5.90. The lowest BCUT2D eigenvalue weighted by molar-refractivity contribution is -0.152. The van der Waals surface area contributed by atoms with Crippen molar-refractivity contribution in [3.8, 4) is 0 Å². The summed E-state index contributed by atoms with van der Waals surface area (Å²) in [6.45, 7) is 7.92. The van der Waals surface area contributed by atoms with E-state index in [-0.39, 0.29) is 17.8 Å². The normalized spacial score (nSPS) is 12.8. The highest BCUT2D eigenvalue weighted by Gasteiger charge is 2.32. The van der Waals surface area contributed by atoms with Gasteiger partial charge in [-0.25, -0.2) is 4.79 Å². The average molecular weight is 296 g/mol. The Bertz CT molecular complexity index is 496. The topological polar surface area (TPSA) is 85.2 Å². The third kappa shape index (κ3) is 4.29. The minimum absolute atomic E-state index is 0.0992. The first-order chi connectivity index (χ1) is 9.82. The molecule has 0 saturated carbocycles. The van der Waals surface area contributed by atoms with Gasteiger partial charge in [0.25, 0.3) is 0 Å². The Morgan fingerprint density at radius 1 is 1.48 bits per heavy atom. The van der Waals surface area contributed by atoms with Crippen LogP contribution in [0.5, 0.6) is 0 Å². The molecule has 1 aromatic rings. The summed E-state index contributed by atoms with van der Waals surface area (Å²) in [5.41, 5.74) is -0.365.